The Morgan fingerprint density at radius 3 is 2.74 bits per heavy atom. The zero-order valence-electron chi connectivity index (χ0n) is 15.2. The van der Waals surface area contributed by atoms with Crippen LogP contribution in [0.25, 0.3) is 11.0 Å². The van der Waals surface area contributed by atoms with Crippen LogP contribution in [0.4, 0.5) is 11.8 Å². The van der Waals surface area contributed by atoms with E-state index in [1.165, 1.54) is 6.07 Å². The van der Waals surface area contributed by atoms with Crippen LogP contribution in [0, 0.1) is 6.92 Å². The van der Waals surface area contributed by atoms with Crippen molar-refractivity contribution in [2.75, 3.05) is 30.3 Å². The number of anilines is 2. The largest absolute Gasteiger partial charge is 0.422 e. The highest BCUT2D eigenvalue weighted by Crippen LogP contribution is 2.12. The molecule has 0 aliphatic heterocycles. The lowest BCUT2D eigenvalue weighted by Crippen LogP contribution is -2.32. The molecule has 8 heteroatoms. The van der Waals surface area contributed by atoms with Gasteiger partial charge < -0.3 is 20.4 Å². The molecule has 0 bridgehead atoms. The molecule has 0 fully saturated rings. The van der Waals surface area contributed by atoms with Gasteiger partial charge in [0.1, 0.15) is 17.0 Å². The van der Waals surface area contributed by atoms with Gasteiger partial charge in [0.15, 0.2) is 0 Å². The first-order chi connectivity index (χ1) is 13.1. The van der Waals surface area contributed by atoms with Gasteiger partial charge in [0.05, 0.1) is 0 Å². The van der Waals surface area contributed by atoms with E-state index in [9.17, 15) is 9.59 Å². The number of carbonyl (C=O) groups is 1. The molecular formula is C19H21N5O3. The standard InChI is InChI=1S/C19H21N5O3/c1-3-20-16-10-12(2)23-19(24-16)22-9-8-21-17(25)14-11-13-6-4-5-7-15(13)27-18(14)26/h4-7,10-11H,3,8-9H2,1-2H3,(H,21,25)(H2,20,22,23,24). The molecule has 0 radical (unpaired) electrons. The number of fused-ring (bicyclic) bond motifs is 1. The van der Waals surface area contributed by atoms with Crippen molar-refractivity contribution in [1.29, 1.82) is 0 Å². The summed E-state index contributed by atoms with van der Waals surface area (Å²) in [7, 11) is 0. The van der Waals surface area contributed by atoms with Gasteiger partial charge >= 0.3 is 5.63 Å². The van der Waals surface area contributed by atoms with E-state index in [4.69, 9.17) is 4.42 Å². The zero-order chi connectivity index (χ0) is 19.2. The number of para-hydroxylation sites is 1. The first kappa shape index (κ1) is 18.4. The predicted octanol–water partition coefficient (Wildman–Crippen LogP) is 2.17. The van der Waals surface area contributed by atoms with Crippen molar-refractivity contribution in [2.45, 2.75) is 13.8 Å². The van der Waals surface area contributed by atoms with Crippen LogP contribution < -0.4 is 21.6 Å². The second kappa shape index (κ2) is 8.31. The summed E-state index contributed by atoms with van der Waals surface area (Å²) in [6.07, 6.45) is 0. The fourth-order valence-corrected chi connectivity index (χ4v) is 2.59. The number of nitrogens with zero attached hydrogens (tertiary/aromatic N) is 2. The molecule has 0 aliphatic carbocycles. The molecule has 3 rings (SSSR count). The van der Waals surface area contributed by atoms with Crippen LogP contribution in [0.3, 0.4) is 0 Å². The van der Waals surface area contributed by atoms with Gasteiger partial charge in [0.25, 0.3) is 5.91 Å². The Bertz CT molecular complexity index is 1020. The maximum Gasteiger partial charge on any atom is 0.349 e. The molecule has 1 amide bonds. The Morgan fingerprint density at radius 2 is 1.93 bits per heavy atom. The third-order valence-corrected chi connectivity index (χ3v) is 3.79. The number of carbonyl (C=O) groups excluding carboxylic acids is 1. The third-order valence-electron chi connectivity index (χ3n) is 3.79. The lowest BCUT2D eigenvalue weighted by Gasteiger charge is -2.09. The molecule has 1 aromatic carbocycles. The molecule has 0 saturated heterocycles. The second-order valence-electron chi connectivity index (χ2n) is 5.92. The summed E-state index contributed by atoms with van der Waals surface area (Å²) in [6.45, 7) is 5.36. The highest BCUT2D eigenvalue weighted by molar-refractivity contribution is 5.96. The van der Waals surface area contributed by atoms with Crippen molar-refractivity contribution >= 4 is 28.6 Å². The SMILES string of the molecule is CCNc1cc(C)nc(NCCNC(=O)c2cc3ccccc3oc2=O)n1. The predicted molar refractivity (Wildman–Crippen MR) is 104 cm³/mol. The Labute approximate surface area is 156 Å². The van der Waals surface area contributed by atoms with Crippen molar-refractivity contribution in [3.8, 4) is 0 Å². The second-order valence-corrected chi connectivity index (χ2v) is 5.92. The number of aryl methyl sites for hydroxylation is 1. The van der Waals surface area contributed by atoms with E-state index in [0.717, 1.165) is 18.1 Å². The number of nitrogens with one attached hydrogen (secondary N) is 3. The molecule has 0 unspecified atom stereocenters. The molecule has 0 spiro atoms. The van der Waals surface area contributed by atoms with Gasteiger partial charge in [-0.3, -0.25) is 4.79 Å². The zero-order valence-corrected chi connectivity index (χ0v) is 15.2. The fraction of sp³-hybridized carbons (Fsp3) is 0.263. The summed E-state index contributed by atoms with van der Waals surface area (Å²) in [4.78, 5) is 32.9. The van der Waals surface area contributed by atoms with Gasteiger partial charge in [0.2, 0.25) is 5.95 Å². The van der Waals surface area contributed by atoms with E-state index in [1.807, 2.05) is 26.0 Å². The monoisotopic (exact) mass is 367 g/mol. The Kier molecular flexibility index (Phi) is 5.65. The first-order valence-electron chi connectivity index (χ1n) is 8.71. The van der Waals surface area contributed by atoms with Crippen molar-refractivity contribution in [1.82, 2.24) is 15.3 Å². The molecule has 3 N–H and O–H groups in total. The van der Waals surface area contributed by atoms with E-state index in [0.29, 0.717) is 30.0 Å². The molecule has 8 nitrogen and oxygen atoms in total. The van der Waals surface area contributed by atoms with E-state index in [1.54, 1.807) is 18.2 Å². The summed E-state index contributed by atoms with van der Waals surface area (Å²) >= 11 is 0. The molecule has 27 heavy (non-hydrogen) atoms. The minimum atomic E-state index is -0.656. The highest BCUT2D eigenvalue weighted by Gasteiger charge is 2.13. The van der Waals surface area contributed by atoms with E-state index >= 15 is 0 Å². The summed E-state index contributed by atoms with van der Waals surface area (Å²) in [5.41, 5.74) is 0.612. The normalized spacial score (nSPS) is 10.6. The molecular weight excluding hydrogens is 346 g/mol. The van der Waals surface area contributed by atoms with Gasteiger partial charge in [-0.1, -0.05) is 18.2 Å². The topological polar surface area (TPSA) is 109 Å². The molecule has 3 aromatic rings. The van der Waals surface area contributed by atoms with Crippen molar-refractivity contribution < 1.29 is 9.21 Å². The van der Waals surface area contributed by atoms with Crippen LogP contribution in [0.5, 0.6) is 0 Å². The lowest BCUT2D eigenvalue weighted by atomic mass is 10.2. The summed E-state index contributed by atoms with van der Waals surface area (Å²) in [6, 6.07) is 10.5. The molecule has 0 aliphatic rings. The fourth-order valence-electron chi connectivity index (χ4n) is 2.59. The van der Waals surface area contributed by atoms with E-state index in [-0.39, 0.29) is 5.56 Å². The van der Waals surface area contributed by atoms with Crippen LogP contribution >= 0.6 is 0 Å². The summed E-state index contributed by atoms with van der Waals surface area (Å²) in [5, 5.41) is 9.59. The Morgan fingerprint density at radius 1 is 1.11 bits per heavy atom. The number of amides is 1. The van der Waals surface area contributed by atoms with E-state index < -0.39 is 11.5 Å². The van der Waals surface area contributed by atoms with Crippen LogP contribution in [0.2, 0.25) is 0 Å². The van der Waals surface area contributed by atoms with Crippen molar-refractivity contribution in [3.05, 3.63) is 58.1 Å². The lowest BCUT2D eigenvalue weighted by molar-refractivity contribution is 0.0951. The molecule has 140 valence electrons. The van der Waals surface area contributed by atoms with Crippen molar-refractivity contribution in [3.63, 3.8) is 0 Å². The van der Waals surface area contributed by atoms with Gasteiger partial charge in [-0.25, -0.2) is 9.78 Å². The van der Waals surface area contributed by atoms with Gasteiger partial charge in [-0.05, 0) is 26.0 Å². The Balaban J connectivity index is 1.59. The molecule has 0 saturated carbocycles. The Hall–Kier alpha value is -3.42. The molecule has 2 heterocycles. The van der Waals surface area contributed by atoms with Crippen LogP contribution in [0.15, 0.2) is 45.6 Å². The average Bonchev–Trinajstić information content (AvgIpc) is 2.64. The van der Waals surface area contributed by atoms with Crippen LogP contribution in [-0.2, 0) is 0 Å². The maximum atomic E-state index is 12.3. The van der Waals surface area contributed by atoms with Gasteiger partial charge in [0, 0.05) is 36.8 Å². The van der Waals surface area contributed by atoms with Gasteiger partial charge in [-0.15, -0.1) is 0 Å². The number of hydrogen-bond acceptors (Lipinski definition) is 7. The highest BCUT2D eigenvalue weighted by atomic mass is 16.4. The summed E-state index contributed by atoms with van der Waals surface area (Å²) in [5.74, 6) is 0.741. The smallest absolute Gasteiger partial charge is 0.349 e. The van der Waals surface area contributed by atoms with Crippen LogP contribution in [-0.4, -0.2) is 35.5 Å². The number of rotatable bonds is 7. The number of hydrogen-bond donors (Lipinski definition) is 3. The quantitative estimate of drug-likeness (QED) is 0.434. The maximum absolute atomic E-state index is 12.3. The molecule has 2 aromatic heterocycles. The van der Waals surface area contributed by atoms with Crippen LogP contribution in [0.1, 0.15) is 23.0 Å². The number of benzene rings is 1. The molecule has 0 atom stereocenters. The average molecular weight is 367 g/mol. The van der Waals surface area contributed by atoms with Crippen molar-refractivity contribution in [2.24, 2.45) is 0 Å². The summed E-state index contributed by atoms with van der Waals surface area (Å²) < 4.78 is 5.18. The van der Waals surface area contributed by atoms with Gasteiger partial charge in [-0.2, -0.15) is 4.98 Å². The number of aromatic nitrogens is 2. The third kappa shape index (κ3) is 4.60. The minimum absolute atomic E-state index is 0.0186. The first-order valence-corrected chi connectivity index (χ1v) is 8.71. The van der Waals surface area contributed by atoms with E-state index in [2.05, 4.69) is 25.9 Å². The minimum Gasteiger partial charge on any atom is -0.422 e.